The zero-order chi connectivity index (χ0) is 15.0. The van der Waals surface area contributed by atoms with Crippen molar-refractivity contribution in [3.63, 3.8) is 0 Å². The summed E-state index contributed by atoms with van der Waals surface area (Å²) in [6.45, 7) is 2.29. The monoisotopic (exact) mass is 307 g/mol. The Hall–Kier alpha value is -1.03. The molecule has 3 nitrogen and oxygen atoms in total. The van der Waals surface area contributed by atoms with Crippen molar-refractivity contribution < 1.29 is 9.15 Å². The molecule has 0 spiro atoms. The average Bonchev–Trinajstić information content (AvgIpc) is 2.90. The second-order valence-electron chi connectivity index (χ2n) is 6.26. The Morgan fingerprint density at radius 1 is 1.33 bits per heavy atom. The van der Waals surface area contributed by atoms with E-state index in [0.717, 1.165) is 48.3 Å². The van der Waals surface area contributed by atoms with Crippen molar-refractivity contribution in [2.75, 3.05) is 7.11 Å². The van der Waals surface area contributed by atoms with E-state index < -0.39 is 0 Å². The van der Waals surface area contributed by atoms with Crippen molar-refractivity contribution >= 4 is 22.6 Å². The lowest BCUT2D eigenvalue weighted by Gasteiger charge is -2.41. The topological polar surface area (TPSA) is 48.4 Å². The summed E-state index contributed by atoms with van der Waals surface area (Å²) in [4.78, 5) is 0. The normalized spacial score (nSPS) is 27.9. The van der Waals surface area contributed by atoms with Gasteiger partial charge in [0.05, 0.1) is 11.6 Å². The molecule has 0 radical (unpaired) electrons. The van der Waals surface area contributed by atoms with E-state index in [2.05, 4.69) is 6.92 Å². The molecular weight excluding hydrogens is 286 g/mol. The highest BCUT2D eigenvalue weighted by atomic mass is 35.5. The fraction of sp³-hybridized carbons (Fsp3) is 0.529. The van der Waals surface area contributed by atoms with Crippen LogP contribution in [0.25, 0.3) is 11.0 Å². The summed E-state index contributed by atoms with van der Waals surface area (Å²) < 4.78 is 11.8. The Balaban J connectivity index is 1.92. The van der Waals surface area contributed by atoms with Gasteiger partial charge in [-0.3, -0.25) is 0 Å². The second kappa shape index (κ2) is 5.64. The van der Waals surface area contributed by atoms with E-state index in [-0.39, 0.29) is 11.6 Å². The molecule has 21 heavy (non-hydrogen) atoms. The molecule has 1 aliphatic rings. The van der Waals surface area contributed by atoms with Crippen LogP contribution >= 0.6 is 11.6 Å². The van der Waals surface area contributed by atoms with Gasteiger partial charge < -0.3 is 14.9 Å². The smallest absolute Gasteiger partial charge is 0.134 e. The van der Waals surface area contributed by atoms with Crippen molar-refractivity contribution in [3.8, 4) is 0 Å². The van der Waals surface area contributed by atoms with Crippen molar-refractivity contribution in [3.05, 3.63) is 35.0 Å². The fourth-order valence-corrected chi connectivity index (χ4v) is 3.52. The lowest BCUT2D eigenvalue weighted by molar-refractivity contribution is -0.0709. The maximum Gasteiger partial charge on any atom is 0.134 e. The highest BCUT2D eigenvalue weighted by Gasteiger charge is 2.42. The molecule has 4 heteroatoms. The number of methoxy groups -OCH3 is 1. The van der Waals surface area contributed by atoms with E-state index in [4.69, 9.17) is 26.5 Å². The Kier molecular flexibility index (Phi) is 4.00. The van der Waals surface area contributed by atoms with Gasteiger partial charge in [0.2, 0.25) is 0 Å². The largest absolute Gasteiger partial charge is 0.459 e. The predicted octanol–water partition coefficient (Wildman–Crippen LogP) is 4.68. The minimum atomic E-state index is -0.315. The minimum absolute atomic E-state index is 0.249. The Morgan fingerprint density at radius 3 is 2.71 bits per heavy atom. The minimum Gasteiger partial charge on any atom is -0.459 e. The van der Waals surface area contributed by atoms with Crippen LogP contribution in [0.1, 0.15) is 44.4 Å². The van der Waals surface area contributed by atoms with Gasteiger partial charge in [-0.2, -0.15) is 0 Å². The number of nitrogens with two attached hydrogens (primary N) is 1. The first-order valence-corrected chi connectivity index (χ1v) is 7.91. The van der Waals surface area contributed by atoms with Crippen LogP contribution in [0, 0.1) is 5.92 Å². The first-order chi connectivity index (χ1) is 10.0. The molecule has 1 aliphatic carbocycles. The third-order valence-corrected chi connectivity index (χ3v) is 5.13. The SMILES string of the molecule is COC1(C(N)c2cc3cc(Cl)ccc3o2)CCC(C)CC1. The van der Waals surface area contributed by atoms with Crippen LogP contribution in [0.2, 0.25) is 5.02 Å². The van der Waals surface area contributed by atoms with Gasteiger partial charge in [-0.15, -0.1) is 0 Å². The van der Waals surface area contributed by atoms with Crippen molar-refractivity contribution in [1.29, 1.82) is 0 Å². The molecule has 3 rings (SSSR count). The number of halogens is 1. The number of hydrogen-bond acceptors (Lipinski definition) is 3. The number of hydrogen-bond donors (Lipinski definition) is 1. The maximum absolute atomic E-state index is 6.51. The number of furan rings is 1. The molecular formula is C17H22ClNO2. The zero-order valence-electron chi connectivity index (χ0n) is 12.6. The van der Waals surface area contributed by atoms with Crippen LogP contribution in [0.3, 0.4) is 0 Å². The summed E-state index contributed by atoms with van der Waals surface area (Å²) in [6.07, 6.45) is 4.24. The zero-order valence-corrected chi connectivity index (χ0v) is 13.3. The molecule has 0 aliphatic heterocycles. The van der Waals surface area contributed by atoms with Gasteiger partial charge in [0.1, 0.15) is 11.3 Å². The first kappa shape index (κ1) is 14.9. The lowest BCUT2D eigenvalue weighted by atomic mass is 9.75. The number of fused-ring (bicyclic) bond motifs is 1. The second-order valence-corrected chi connectivity index (χ2v) is 6.70. The lowest BCUT2D eigenvalue weighted by Crippen LogP contribution is -2.45. The Labute approximate surface area is 130 Å². The molecule has 2 aromatic rings. The molecule has 1 fully saturated rings. The van der Waals surface area contributed by atoms with Crippen LogP contribution in [0.4, 0.5) is 0 Å². The number of benzene rings is 1. The summed E-state index contributed by atoms with van der Waals surface area (Å²) in [5, 5.41) is 1.69. The molecule has 114 valence electrons. The van der Waals surface area contributed by atoms with Crippen LogP contribution in [-0.4, -0.2) is 12.7 Å². The summed E-state index contributed by atoms with van der Waals surface area (Å²) in [6, 6.07) is 7.36. The van der Waals surface area contributed by atoms with Gasteiger partial charge in [-0.1, -0.05) is 18.5 Å². The average molecular weight is 308 g/mol. The van der Waals surface area contributed by atoms with E-state index in [1.54, 1.807) is 7.11 Å². The Morgan fingerprint density at radius 2 is 2.05 bits per heavy atom. The highest BCUT2D eigenvalue weighted by Crippen LogP contribution is 2.42. The summed E-state index contributed by atoms with van der Waals surface area (Å²) in [5.74, 6) is 1.53. The molecule has 0 saturated heterocycles. The van der Waals surface area contributed by atoms with Crippen molar-refractivity contribution in [1.82, 2.24) is 0 Å². The fourth-order valence-electron chi connectivity index (χ4n) is 3.34. The standard InChI is InChI=1S/C17H22ClNO2/c1-11-5-7-17(20-2,8-6-11)16(19)15-10-12-9-13(18)3-4-14(12)21-15/h3-4,9-11,16H,5-8,19H2,1-2H3. The third-order valence-electron chi connectivity index (χ3n) is 4.90. The quantitative estimate of drug-likeness (QED) is 0.895. The summed E-state index contributed by atoms with van der Waals surface area (Å²) in [5.41, 5.74) is 7.02. The summed E-state index contributed by atoms with van der Waals surface area (Å²) in [7, 11) is 1.76. The highest BCUT2D eigenvalue weighted by molar-refractivity contribution is 6.31. The molecule has 1 unspecified atom stereocenters. The van der Waals surface area contributed by atoms with Gasteiger partial charge in [-0.25, -0.2) is 0 Å². The molecule has 1 aromatic heterocycles. The van der Waals surface area contributed by atoms with Crippen LogP contribution in [-0.2, 0) is 4.74 Å². The number of rotatable bonds is 3. The number of ether oxygens (including phenoxy) is 1. The van der Waals surface area contributed by atoms with Crippen LogP contribution < -0.4 is 5.73 Å². The van der Waals surface area contributed by atoms with Gasteiger partial charge in [0.15, 0.2) is 0 Å². The van der Waals surface area contributed by atoms with Crippen LogP contribution in [0.15, 0.2) is 28.7 Å². The maximum atomic E-state index is 6.51. The van der Waals surface area contributed by atoms with E-state index in [0.29, 0.717) is 5.02 Å². The molecule has 0 amide bonds. The molecule has 2 N–H and O–H groups in total. The predicted molar refractivity (Wildman–Crippen MR) is 85.5 cm³/mol. The van der Waals surface area contributed by atoms with Crippen LogP contribution in [0.5, 0.6) is 0 Å². The van der Waals surface area contributed by atoms with E-state index in [9.17, 15) is 0 Å². The van der Waals surface area contributed by atoms with E-state index in [1.165, 1.54) is 0 Å². The molecule has 1 aromatic carbocycles. The molecule has 0 bridgehead atoms. The van der Waals surface area contributed by atoms with Crippen molar-refractivity contribution in [2.45, 2.75) is 44.2 Å². The molecule has 1 saturated carbocycles. The van der Waals surface area contributed by atoms with E-state index in [1.807, 2.05) is 24.3 Å². The summed E-state index contributed by atoms with van der Waals surface area (Å²) >= 11 is 6.03. The Bertz CT molecular complexity index is 629. The third kappa shape index (κ3) is 2.70. The van der Waals surface area contributed by atoms with Gasteiger partial charge in [0, 0.05) is 17.5 Å². The van der Waals surface area contributed by atoms with Gasteiger partial charge in [0.25, 0.3) is 0 Å². The molecule has 1 heterocycles. The van der Waals surface area contributed by atoms with Crippen molar-refractivity contribution in [2.24, 2.45) is 11.7 Å². The van der Waals surface area contributed by atoms with E-state index >= 15 is 0 Å². The van der Waals surface area contributed by atoms with Gasteiger partial charge >= 0.3 is 0 Å². The molecule has 1 atom stereocenters. The van der Waals surface area contributed by atoms with Gasteiger partial charge in [-0.05, 0) is 55.9 Å². The first-order valence-electron chi connectivity index (χ1n) is 7.54.